The number of piperazine rings is 1. The summed E-state index contributed by atoms with van der Waals surface area (Å²) in [5, 5.41) is 1.23. The summed E-state index contributed by atoms with van der Waals surface area (Å²) in [6.45, 7) is 8.48. The second-order valence-electron chi connectivity index (χ2n) is 6.19. The lowest BCUT2D eigenvalue weighted by atomic mass is 10.1. The van der Waals surface area contributed by atoms with Crippen molar-refractivity contribution in [1.82, 2.24) is 9.88 Å². The molecule has 0 spiro atoms. The Morgan fingerprint density at radius 2 is 1.86 bits per heavy atom. The molecule has 0 radical (unpaired) electrons. The minimum absolute atomic E-state index is 0.806. The zero-order valence-electron chi connectivity index (χ0n) is 13.5. The Hall–Kier alpha value is -1.65. The van der Waals surface area contributed by atoms with E-state index in [9.17, 15) is 0 Å². The number of hydrogen-bond acceptors (Lipinski definition) is 4. The summed E-state index contributed by atoms with van der Waals surface area (Å²) >= 11 is 0. The van der Waals surface area contributed by atoms with E-state index >= 15 is 0 Å². The third-order valence-corrected chi connectivity index (χ3v) is 4.45. The van der Waals surface area contributed by atoms with Gasteiger partial charge in [0.2, 0.25) is 0 Å². The van der Waals surface area contributed by atoms with Crippen LogP contribution in [0.4, 0.5) is 5.82 Å². The van der Waals surface area contributed by atoms with E-state index in [1.807, 2.05) is 0 Å². The Bertz CT molecular complexity index is 618. The maximum Gasteiger partial charge on any atom is 0.129 e. The van der Waals surface area contributed by atoms with Crippen molar-refractivity contribution < 1.29 is 0 Å². The molecule has 4 heteroatoms. The van der Waals surface area contributed by atoms with Crippen molar-refractivity contribution >= 4 is 16.7 Å². The molecule has 0 aliphatic carbocycles. The van der Waals surface area contributed by atoms with E-state index in [2.05, 4.69) is 47.1 Å². The van der Waals surface area contributed by atoms with Crippen LogP contribution in [0.1, 0.15) is 18.4 Å². The van der Waals surface area contributed by atoms with Gasteiger partial charge in [-0.3, -0.25) is 4.90 Å². The quantitative estimate of drug-likeness (QED) is 0.861. The van der Waals surface area contributed by atoms with Gasteiger partial charge in [-0.25, -0.2) is 4.98 Å². The fraction of sp³-hybridized carbons (Fsp3) is 0.500. The molecule has 0 unspecified atom stereocenters. The van der Waals surface area contributed by atoms with Gasteiger partial charge in [0.05, 0.1) is 5.52 Å². The van der Waals surface area contributed by atoms with Crippen LogP contribution < -0.4 is 10.6 Å². The number of nitrogens with zero attached hydrogens (tertiary/aromatic N) is 3. The number of aromatic nitrogens is 1. The monoisotopic (exact) mass is 298 g/mol. The summed E-state index contributed by atoms with van der Waals surface area (Å²) in [6, 6.07) is 10.8. The first-order valence-electron chi connectivity index (χ1n) is 8.31. The van der Waals surface area contributed by atoms with Gasteiger partial charge in [0.15, 0.2) is 0 Å². The van der Waals surface area contributed by atoms with E-state index in [0.29, 0.717) is 0 Å². The van der Waals surface area contributed by atoms with Crippen LogP contribution in [0.2, 0.25) is 0 Å². The number of nitrogens with two attached hydrogens (primary N) is 1. The van der Waals surface area contributed by atoms with E-state index in [1.165, 1.54) is 23.9 Å². The SMILES string of the molecule is Cc1ccc2nc(N3CCN(CCCCN)CC3)ccc2c1. The minimum atomic E-state index is 0.806. The number of aryl methyl sites for hydroxylation is 1. The molecule has 2 heterocycles. The molecule has 22 heavy (non-hydrogen) atoms. The first kappa shape index (κ1) is 15.3. The highest BCUT2D eigenvalue weighted by atomic mass is 15.3. The molecule has 4 nitrogen and oxygen atoms in total. The summed E-state index contributed by atoms with van der Waals surface area (Å²) < 4.78 is 0. The van der Waals surface area contributed by atoms with Gasteiger partial charge in [0.1, 0.15) is 5.82 Å². The molecule has 2 N–H and O–H groups in total. The molecule has 118 valence electrons. The fourth-order valence-corrected chi connectivity index (χ4v) is 3.09. The van der Waals surface area contributed by atoms with Gasteiger partial charge >= 0.3 is 0 Å². The van der Waals surface area contributed by atoms with E-state index in [1.54, 1.807) is 0 Å². The summed E-state index contributed by atoms with van der Waals surface area (Å²) in [5.41, 5.74) is 7.94. The van der Waals surface area contributed by atoms with Crippen molar-refractivity contribution in [2.45, 2.75) is 19.8 Å². The minimum Gasteiger partial charge on any atom is -0.354 e. The second-order valence-corrected chi connectivity index (χ2v) is 6.19. The highest BCUT2D eigenvalue weighted by Crippen LogP contribution is 2.20. The average molecular weight is 298 g/mol. The molecule has 0 bridgehead atoms. The molecule has 3 rings (SSSR count). The number of unbranched alkanes of at least 4 members (excludes halogenated alkanes) is 1. The van der Waals surface area contributed by atoms with Gasteiger partial charge in [0.25, 0.3) is 0 Å². The average Bonchev–Trinajstić information content (AvgIpc) is 2.55. The molecule has 1 fully saturated rings. The number of hydrogen-bond donors (Lipinski definition) is 1. The summed E-state index contributed by atoms with van der Waals surface area (Å²) in [6.07, 6.45) is 2.34. The largest absolute Gasteiger partial charge is 0.354 e. The number of pyridine rings is 1. The highest BCUT2D eigenvalue weighted by Gasteiger charge is 2.17. The van der Waals surface area contributed by atoms with Gasteiger partial charge in [-0.2, -0.15) is 0 Å². The van der Waals surface area contributed by atoms with Crippen LogP contribution in [0.3, 0.4) is 0 Å². The number of anilines is 1. The summed E-state index contributed by atoms with van der Waals surface area (Å²) in [4.78, 5) is 9.77. The van der Waals surface area contributed by atoms with Crippen LogP contribution in [-0.4, -0.2) is 49.2 Å². The number of rotatable bonds is 5. The second kappa shape index (κ2) is 7.07. The van der Waals surface area contributed by atoms with Crippen LogP contribution in [0, 0.1) is 6.92 Å². The Morgan fingerprint density at radius 3 is 2.64 bits per heavy atom. The molecular weight excluding hydrogens is 272 g/mol. The van der Waals surface area contributed by atoms with E-state index in [4.69, 9.17) is 10.7 Å². The molecule has 1 aromatic heterocycles. The third kappa shape index (κ3) is 3.57. The first-order chi connectivity index (χ1) is 10.8. The Morgan fingerprint density at radius 1 is 1.05 bits per heavy atom. The van der Waals surface area contributed by atoms with Crippen LogP contribution in [-0.2, 0) is 0 Å². The first-order valence-corrected chi connectivity index (χ1v) is 8.31. The van der Waals surface area contributed by atoms with Crippen molar-refractivity contribution in [3.8, 4) is 0 Å². The van der Waals surface area contributed by atoms with Crippen molar-refractivity contribution in [2.75, 3.05) is 44.2 Å². The van der Waals surface area contributed by atoms with Crippen molar-refractivity contribution in [1.29, 1.82) is 0 Å². The van der Waals surface area contributed by atoms with Gasteiger partial charge in [-0.15, -0.1) is 0 Å². The number of benzene rings is 1. The molecule has 2 aromatic rings. The maximum atomic E-state index is 5.56. The lowest BCUT2D eigenvalue weighted by molar-refractivity contribution is 0.253. The van der Waals surface area contributed by atoms with Crippen molar-refractivity contribution in [2.24, 2.45) is 5.73 Å². The van der Waals surface area contributed by atoms with Gasteiger partial charge < -0.3 is 10.6 Å². The normalized spacial score (nSPS) is 16.4. The lowest BCUT2D eigenvalue weighted by Crippen LogP contribution is -2.47. The van der Waals surface area contributed by atoms with Gasteiger partial charge in [-0.1, -0.05) is 11.6 Å². The van der Waals surface area contributed by atoms with Crippen LogP contribution >= 0.6 is 0 Å². The maximum absolute atomic E-state index is 5.56. The smallest absolute Gasteiger partial charge is 0.129 e. The highest BCUT2D eigenvalue weighted by molar-refractivity contribution is 5.81. The predicted molar refractivity (Wildman–Crippen MR) is 93.4 cm³/mol. The lowest BCUT2D eigenvalue weighted by Gasteiger charge is -2.35. The zero-order chi connectivity index (χ0) is 15.4. The molecule has 1 aliphatic heterocycles. The topological polar surface area (TPSA) is 45.4 Å². The number of fused-ring (bicyclic) bond motifs is 1. The Labute approximate surface area is 132 Å². The molecule has 0 atom stereocenters. The van der Waals surface area contributed by atoms with E-state index < -0.39 is 0 Å². The van der Waals surface area contributed by atoms with Crippen molar-refractivity contribution in [3.63, 3.8) is 0 Å². The van der Waals surface area contributed by atoms with E-state index in [0.717, 1.165) is 50.5 Å². The standard InChI is InChI=1S/C18H26N4/c1-15-4-6-17-16(14-15)5-7-18(20-17)22-12-10-21(11-13-22)9-3-2-8-19/h4-7,14H,2-3,8-13,19H2,1H3. The predicted octanol–water partition coefficient (Wildman–Crippen LogP) is 2.40. The molecule has 1 saturated heterocycles. The van der Waals surface area contributed by atoms with Crippen LogP contribution in [0.25, 0.3) is 10.9 Å². The Balaban J connectivity index is 1.62. The molecule has 0 amide bonds. The molecular formula is C18H26N4. The van der Waals surface area contributed by atoms with Crippen LogP contribution in [0.15, 0.2) is 30.3 Å². The van der Waals surface area contributed by atoms with Crippen molar-refractivity contribution in [3.05, 3.63) is 35.9 Å². The molecule has 1 aliphatic rings. The molecule has 1 aromatic carbocycles. The van der Waals surface area contributed by atoms with E-state index in [-0.39, 0.29) is 0 Å². The summed E-state index contributed by atoms with van der Waals surface area (Å²) in [5.74, 6) is 1.11. The van der Waals surface area contributed by atoms with Gasteiger partial charge in [-0.05, 0) is 57.1 Å². The Kier molecular flexibility index (Phi) is 4.90. The fourth-order valence-electron chi connectivity index (χ4n) is 3.09. The zero-order valence-corrected chi connectivity index (χ0v) is 13.5. The molecule has 0 saturated carbocycles. The van der Waals surface area contributed by atoms with Crippen LogP contribution in [0.5, 0.6) is 0 Å². The summed E-state index contributed by atoms with van der Waals surface area (Å²) in [7, 11) is 0. The third-order valence-electron chi connectivity index (χ3n) is 4.45. The van der Waals surface area contributed by atoms with Gasteiger partial charge in [0, 0.05) is 31.6 Å².